The third-order valence-electron chi connectivity index (χ3n) is 4.59. The summed E-state index contributed by atoms with van der Waals surface area (Å²) in [7, 11) is 11.2. The molecular weight excluding hydrogens is 402 g/mol. The Morgan fingerprint density at radius 3 is 1.16 bits per heavy atom. The molecule has 2 aromatic rings. The van der Waals surface area contributed by atoms with Crippen LogP contribution in [0.15, 0.2) is 29.3 Å². The summed E-state index contributed by atoms with van der Waals surface area (Å²) in [6, 6.07) is 7.56. The second kappa shape index (κ2) is 11.6. The first-order valence-corrected chi connectivity index (χ1v) is 9.57. The fourth-order valence-corrected chi connectivity index (χ4v) is 3.07. The molecule has 0 saturated heterocycles. The Morgan fingerprint density at radius 2 is 0.935 bits per heavy atom. The highest BCUT2D eigenvalue weighted by molar-refractivity contribution is 5.79. The van der Waals surface area contributed by atoms with E-state index >= 15 is 0 Å². The molecule has 0 bridgehead atoms. The molecule has 0 aliphatic carbocycles. The van der Waals surface area contributed by atoms with Gasteiger partial charge in [-0.15, -0.1) is 0 Å². The monoisotopic (exact) mass is 433 g/mol. The van der Waals surface area contributed by atoms with Gasteiger partial charge in [-0.25, -0.2) is 0 Å². The molecule has 0 saturated carbocycles. The maximum Gasteiger partial charge on any atom is 0.203 e. The van der Waals surface area contributed by atoms with Crippen molar-refractivity contribution in [3.8, 4) is 34.5 Å². The van der Waals surface area contributed by atoms with E-state index in [-0.39, 0.29) is 0 Å². The minimum atomic E-state index is 0.506. The zero-order chi connectivity index (χ0) is 22.8. The first-order valence-electron chi connectivity index (χ1n) is 9.57. The van der Waals surface area contributed by atoms with E-state index in [1.807, 2.05) is 24.3 Å². The van der Waals surface area contributed by atoms with E-state index in [0.29, 0.717) is 53.5 Å². The van der Waals surface area contributed by atoms with Crippen LogP contribution in [-0.2, 0) is 13.1 Å². The van der Waals surface area contributed by atoms with Crippen molar-refractivity contribution in [2.45, 2.75) is 13.1 Å². The molecule has 2 aromatic carbocycles. The SMILES string of the molecule is CN=C(NCc1cc(OC)c(OC)c(OC)c1)NCc1cc(OC)c(OC)c(OC)c1. The zero-order valence-electron chi connectivity index (χ0n) is 19.1. The molecule has 0 radical (unpaired) electrons. The number of methoxy groups -OCH3 is 6. The minimum absolute atomic E-state index is 0.506. The summed E-state index contributed by atoms with van der Waals surface area (Å²) in [4.78, 5) is 4.28. The van der Waals surface area contributed by atoms with Gasteiger partial charge in [0.25, 0.3) is 0 Å². The van der Waals surface area contributed by atoms with E-state index in [1.54, 1.807) is 49.7 Å². The molecule has 0 amide bonds. The number of aliphatic imine (C=N–C) groups is 1. The fourth-order valence-electron chi connectivity index (χ4n) is 3.07. The van der Waals surface area contributed by atoms with Gasteiger partial charge >= 0.3 is 0 Å². The first-order chi connectivity index (χ1) is 15.0. The summed E-state index contributed by atoms with van der Waals surface area (Å²) in [5, 5.41) is 6.55. The van der Waals surface area contributed by atoms with Gasteiger partial charge < -0.3 is 39.1 Å². The predicted molar refractivity (Wildman–Crippen MR) is 119 cm³/mol. The molecule has 2 rings (SSSR count). The first kappa shape index (κ1) is 23.8. The third kappa shape index (κ3) is 5.78. The van der Waals surface area contributed by atoms with Crippen molar-refractivity contribution in [3.05, 3.63) is 35.4 Å². The molecule has 0 fully saturated rings. The largest absolute Gasteiger partial charge is 0.493 e. The van der Waals surface area contributed by atoms with Crippen LogP contribution >= 0.6 is 0 Å². The van der Waals surface area contributed by atoms with Crippen molar-refractivity contribution in [2.75, 3.05) is 49.7 Å². The van der Waals surface area contributed by atoms with Crippen LogP contribution in [0.1, 0.15) is 11.1 Å². The van der Waals surface area contributed by atoms with Crippen LogP contribution in [0.5, 0.6) is 34.5 Å². The van der Waals surface area contributed by atoms with E-state index in [0.717, 1.165) is 11.1 Å². The van der Waals surface area contributed by atoms with E-state index in [9.17, 15) is 0 Å². The lowest BCUT2D eigenvalue weighted by atomic mass is 10.1. The lowest BCUT2D eigenvalue weighted by Gasteiger charge is -2.17. The number of nitrogens with one attached hydrogen (secondary N) is 2. The Balaban J connectivity index is 2.09. The van der Waals surface area contributed by atoms with Crippen LogP contribution in [0.2, 0.25) is 0 Å². The maximum atomic E-state index is 5.41. The van der Waals surface area contributed by atoms with Crippen molar-refractivity contribution < 1.29 is 28.4 Å². The molecule has 0 heterocycles. The molecule has 31 heavy (non-hydrogen) atoms. The number of ether oxygens (including phenoxy) is 6. The number of nitrogens with zero attached hydrogens (tertiary/aromatic N) is 1. The van der Waals surface area contributed by atoms with Crippen molar-refractivity contribution in [1.82, 2.24) is 10.6 Å². The quantitative estimate of drug-likeness (QED) is 0.436. The summed E-state index contributed by atoms with van der Waals surface area (Å²) in [6.45, 7) is 1.01. The topological polar surface area (TPSA) is 91.8 Å². The highest BCUT2D eigenvalue weighted by atomic mass is 16.5. The van der Waals surface area contributed by atoms with E-state index in [1.165, 1.54) is 0 Å². The lowest BCUT2D eigenvalue weighted by molar-refractivity contribution is 0.323. The van der Waals surface area contributed by atoms with Crippen LogP contribution in [0.3, 0.4) is 0 Å². The maximum absolute atomic E-state index is 5.41. The molecule has 9 nitrogen and oxygen atoms in total. The van der Waals surface area contributed by atoms with Crippen LogP contribution in [0.25, 0.3) is 0 Å². The number of hydrogen-bond donors (Lipinski definition) is 2. The summed E-state index contributed by atoms with van der Waals surface area (Å²) in [5.41, 5.74) is 1.90. The second-order valence-corrected chi connectivity index (χ2v) is 6.35. The van der Waals surface area contributed by atoms with Crippen LogP contribution in [0, 0.1) is 0 Å². The van der Waals surface area contributed by atoms with Gasteiger partial charge in [-0.05, 0) is 35.4 Å². The zero-order valence-corrected chi connectivity index (χ0v) is 19.1. The Bertz CT molecular complexity index is 781. The molecule has 0 spiro atoms. The minimum Gasteiger partial charge on any atom is -0.493 e. The summed E-state index contributed by atoms with van der Waals surface area (Å²) >= 11 is 0. The second-order valence-electron chi connectivity index (χ2n) is 6.35. The fraction of sp³-hybridized carbons (Fsp3) is 0.409. The predicted octanol–water partition coefficient (Wildman–Crippen LogP) is 2.60. The van der Waals surface area contributed by atoms with Crippen molar-refractivity contribution >= 4 is 5.96 Å². The summed E-state index contributed by atoms with van der Waals surface area (Å²) in [5.74, 6) is 4.12. The average Bonchev–Trinajstić information content (AvgIpc) is 2.82. The van der Waals surface area contributed by atoms with E-state index < -0.39 is 0 Å². The smallest absolute Gasteiger partial charge is 0.203 e. The average molecular weight is 434 g/mol. The van der Waals surface area contributed by atoms with E-state index in [4.69, 9.17) is 28.4 Å². The molecule has 9 heteroatoms. The molecule has 0 aromatic heterocycles. The summed E-state index contributed by atoms with van der Waals surface area (Å²) in [6.07, 6.45) is 0. The number of guanidine groups is 1. The van der Waals surface area contributed by atoms with E-state index in [2.05, 4.69) is 15.6 Å². The number of rotatable bonds is 10. The third-order valence-corrected chi connectivity index (χ3v) is 4.59. The highest BCUT2D eigenvalue weighted by Gasteiger charge is 2.15. The van der Waals surface area contributed by atoms with Crippen molar-refractivity contribution in [3.63, 3.8) is 0 Å². The summed E-state index contributed by atoms with van der Waals surface area (Å²) < 4.78 is 32.4. The lowest BCUT2D eigenvalue weighted by Crippen LogP contribution is -2.36. The van der Waals surface area contributed by atoms with Crippen LogP contribution in [0.4, 0.5) is 0 Å². The van der Waals surface area contributed by atoms with Gasteiger partial charge in [0.2, 0.25) is 11.5 Å². The van der Waals surface area contributed by atoms with Crippen molar-refractivity contribution in [1.29, 1.82) is 0 Å². The van der Waals surface area contributed by atoms with Crippen LogP contribution < -0.4 is 39.1 Å². The number of hydrogen-bond acceptors (Lipinski definition) is 7. The van der Waals surface area contributed by atoms with Crippen molar-refractivity contribution in [2.24, 2.45) is 4.99 Å². The molecular formula is C22H31N3O6. The molecule has 0 unspecified atom stereocenters. The van der Waals surface area contributed by atoms with Gasteiger partial charge in [0.1, 0.15) is 0 Å². The Hall–Kier alpha value is -3.49. The van der Waals surface area contributed by atoms with Gasteiger partial charge in [-0.2, -0.15) is 0 Å². The van der Waals surface area contributed by atoms with Gasteiger partial charge in [0, 0.05) is 20.1 Å². The molecule has 2 N–H and O–H groups in total. The van der Waals surface area contributed by atoms with Gasteiger partial charge in [0.05, 0.1) is 42.7 Å². The van der Waals surface area contributed by atoms with Gasteiger partial charge in [0.15, 0.2) is 29.0 Å². The normalized spacial score (nSPS) is 10.0. The Labute approximate surface area is 183 Å². The van der Waals surface area contributed by atoms with Gasteiger partial charge in [-0.3, -0.25) is 4.99 Å². The highest BCUT2D eigenvalue weighted by Crippen LogP contribution is 2.39. The number of benzene rings is 2. The molecule has 0 aliphatic heterocycles. The Morgan fingerprint density at radius 1 is 0.613 bits per heavy atom. The molecule has 170 valence electrons. The molecule has 0 atom stereocenters. The Kier molecular flexibility index (Phi) is 8.93. The van der Waals surface area contributed by atoms with Gasteiger partial charge in [-0.1, -0.05) is 0 Å². The van der Waals surface area contributed by atoms with Crippen LogP contribution in [-0.4, -0.2) is 55.7 Å². The molecule has 0 aliphatic rings. The standard InChI is InChI=1S/C22H31N3O6/c1-23-22(24-12-14-8-16(26-2)20(30-6)17(9-14)27-3)25-13-15-10-18(28-4)21(31-7)19(11-15)29-5/h8-11H,12-13H2,1-7H3,(H2,23,24,25).